The van der Waals surface area contributed by atoms with E-state index in [4.69, 9.17) is 0 Å². The molecule has 0 aromatic heterocycles. The summed E-state index contributed by atoms with van der Waals surface area (Å²) in [6.07, 6.45) is 2.00. The molecule has 11 heteroatoms. The number of rotatable bonds is 8. The van der Waals surface area contributed by atoms with Crippen molar-refractivity contribution in [1.29, 1.82) is 0 Å². The summed E-state index contributed by atoms with van der Waals surface area (Å²) in [7, 11) is -4.15. The molecule has 2 aromatic rings. The van der Waals surface area contributed by atoms with Crippen LogP contribution < -0.4 is 4.72 Å². The number of fused-ring (bicyclic) bond motifs is 1. The molecule has 30 heavy (non-hydrogen) atoms. The molecular formula is C19H20BrF2N3O4S. The highest BCUT2D eigenvalue weighted by atomic mass is 79.9. The van der Waals surface area contributed by atoms with E-state index in [1.807, 2.05) is 0 Å². The third kappa shape index (κ3) is 5.39. The summed E-state index contributed by atoms with van der Waals surface area (Å²) < 4.78 is 54.0. The Bertz CT molecular complexity index is 1070. The molecular weight excluding hydrogens is 484 g/mol. The Morgan fingerprint density at radius 1 is 1.13 bits per heavy atom. The van der Waals surface area contributed by atoms with Crippen LogP contribution in [0.5, 0.6) is 0 Å². The maximum atomic E-state index is 13.9. The van der Waals surface area contributed by atoms with Crippen LogP contribution in [0.25, 0.3) is 0 Å². The topological polar surface area (TPSA) is 92.6 Å². The molecule has 0 unspecified atom stereocenters. The first-order valence-electron chi connectivity index (χ1n) is 9.30. The fourth-order valence-electron chi connectivity index (χ4n) is 3.36. The van der Waals surface area contributed by atoms with Gasteiger partial charge in [0.1, 0.15) is 16.5 Å². The molecule has 2 aromatic carbocycles. The van der Waals surface area contributed by atoms with Crippen molar-refractivity contribution in [2.75, 3.05) is 19.6 Å². The summed E-state index contributed by atoms with van der Waals surface area (Å²) in [6.45, 7) is 2.21. The fourth-order valence-corrected chi connectivity index (χ4v) is 4.82. The van der Waals surface area contributed by atoms with Crippen LogP contribution in [0.2, 0.25) is 0 Å². The second-order valence-corrected chi connectivity index (χ2v) is 9.63. The molecule has 0 bridgehead atoms. The lowest BCUT2D eigenvalue weighted by Crippen LogP contribution is -2.32. The van der Waals surface area contributed by atoms with Gasteiger partial charge in [-0.1, -0.05) is 6.07 Å². The van der Waals surface area contributed by atoms with E-state index in [9.17, 15) is 27.3 Å². The molecule has 1 aliphatic heterocycles. The van der Waals surface area contributed by atoms with Gasteiger partial charge in [0, 0.05) is 31.8 Å². The summed E-state index contributed by atoms with van der Waals surface area (Å²) in [4.78, 5) is 12.0. The highest BCUT2D eigenvalue weighted by Crippen LogP contribution is 2.24. The average Bonchev–Trinajstić information content (AvgIpc) is 2.69. The van der Waals surface area contributed by atoms with Crippen molar-refractivity contribution >= 4 is 31.6 Å². The molecule has 0 aliphatic carbocycles. The summed E-state index contributed by atoms with van der Waals surface area (Å²) in [6, 6.07) is 6.33. The molecule has 0 radical (unpaired) electrons. The number of nitrogens with one attached hydrogen (secondary N) is 1. The van der Waals surface area contributed by atoms with Crippen molar-refractivity contribution in [3.63, 3.8) is 0 Å². The van der Waals surface area contributed by atoms with Gasteiger partial charge in [-0.05, 0) is 65.0 Å². The lowest BCUT2D eigenvalue weighted by molar-refractivity contribution is -0.385. The first-order chi connectivity index (χ1) is 14.2. The molecule has 162 valence electrons. The zero-order valence-electron chi connectivity index (χ0n) is 15.9. The number of sulfonamides is 1. The number of nitro benzene ring substituents is 1. The Morgan fingerprint density at radius 2 is 1.90 bits per heavy atom. The second-order valence-electron chi connectivity index (χ2n) is 7.04. The van der Waals surface area contributed by atoms with Crippen LogP contribution in [-0.4, -0.2) is 37.9 Å². The molecule has 0 amide bonds. The Labute approximate surface area is 181 Å². The van der Waals surface area contributed by atoms with Crippen molar-refractivity contribution < 1.29 is 22.1 Å². The van der Waals surface area contributed by atoms with E-state index in [2.05, 4.69) is 25.6 Å². The molecule has 0 fully saturated rings. The molecule has 0 atom stereocenters. The summed E-state index contributed by atoms with van der Waals surface area (Å²) in [5, 5.41) is 10.9. The number of non-ortho nitro benzene ring substituents is 1. The summed E-state index contributed by atoms with van der Waals surface area (Å²) in [5.74, 6) is -1.89. The molecule has 0 spiro atoms. The van der Waals surface area contributed by atoms with Crippen molar-refractivity contribution in [3.8, 4) is 0 Å². The minimum absolute atomic E-state index is 0.0709. The SMILES string of the molecule is O=[N+]([O-])c1ccc2c(c1)CN(CCCCNS(=O)(=O)c1cc(F)c(Br)cc1F)CC2. The van der Waals surface area contributed by atoms with Crippen molar-refractivity contribution in [3.05, 3.63) is 67.7 Å². The first-order valence-corrected chi connectivity index (χ1v) is 11.6. The molecule has 7 nitrogen and oxygen atoms in total. The molecule has 1 heterocycles. The zero-order valence-corrected chi connectivity index (χ0v) is 18.3. The maximum Gasteiger partial charge on any atom is 0.269 e. The van der Waals surface area contributed by atoms with E-state index in [0.717, 1.165) is 30.2 Å². The number of nitrogens with zero attached hydrogens (tertiary/aromatic N) is 2. The van der Waals surface area contributed by atoms with Gasteiger partial charge >= 0.3 is 0 Å². The highest BCUT2D eigenvalue weighted by Gasteiger charge is 2.22. The average molecular weight is 504 g/mol. The van der Waals surface area contributed by atoms with Gasteiger partial charge in [0.25, 0.3) is 5.69 Å². The number of benzene rings is 2. The molecule has 0 saturated carbocycles. The normalized spacial score (nSPS) is 14.5. The van der Waals surface area contributed by atoms with E-state index in [1.54, 1.807) is 12.1 Å². The van der Waals surface area contributed by atoms with E-state index in [-0.39, 0.29) is 16.7 Å². The van der Waals surface area contributed by atoms with Gasteiger partial charge in [0.2, 0.25) is 10.0 Å². The van der Waals surface area contributed by atoms with Gasteiger partial charge in [-0.2, -0.15) is 0 Å². The number of unbranched alkanes of at least 4 members (excludes halogenated alkanes) is 1. The zero-order chi connectivity index (χ0) is 21.9. The van der Waals surface area contributed by atoms with Crippen LogP contribution in [0.1, 0.15) is 24.0 Å². The van der Waals surface area contributed by atoms with Gasteiger partial charge in [-0.15, -0.1) is 0 Å². The van der Waals surface area contributed by atoms with E-state index >= 15 is 0 Å². The Balaban J connectivity index is 1.48. The highest BCUT2D eigenvalue weighted by molar-refractivity contribution is 9.10. The third-order valence-electron chi connectivity index (χ3n) is 4.95. The quantitative estimate of drug-likeness (QED) is 0.256. The lowest BCUT2D eigenvalue weighted by Gasteiger charge is -2.28. The Hall–Kier alpha value is -1.95. The molecule has 1 aliphatic rings. The first kappa shape index (κ1) is 22.7. The number of halogens is 3. The van der Waals surface area contributed by atoms with Gasteiger partial charge in [-0.3, -0.25) is 15.0 Å². The second kappa shape index (κ2) is 9.46. The van der Waals surface area contributed by atoms with Crippen molar-refractivity contribution in [2.45, 2.75) is 30.7 Å². The smallest absolute Gasteiger partial charge is 0.269 e. The summed E-state index contributed by atoms with van der Waals surface area (Å²) >= 11 is 2.81. The largest absolute Gasteiger partial charge is 0.299 e. The van der Waals surface area contributed by atoms with Crippen LogP contribution in [0.3, 0.4) is 0 Å². The lowest BCUT2D eigenvalue weighted by atomic mass is 9.99. The van der Waals surface area contributed by atoms with Crippen LogP contribution in [-0.2, 0) is 23.0 Å². The van der Waals surface area contributed by atoms with Crippen LogP contribution in [0.15, 0.2) is 39.7 Å². The Morgan fingerprint density at radius 3 is 2.63 bits per heavy atom. The van der Waals surface area contributed by atoms with E-state index in [1.165, 1.54) is 6.07 Å². The third-order valence-corrected chi connectivity index (χ3v) is 7.03. The van der Waals surface area contributed by atoms with Crippen LogP contribution in [0, 0.1) is 21.7 Å². The Kier molecular flexibility index (Phi) is 7.17. The van der Waals surface area contributed by atoms with Gasteiger partial charge < -0.3 is 0 Å². The molecule has 3 rings (SSSR count). The van der Waals surface area contributed by atoms with Gasteiger partial charge in [0.05, 0.1) is 9.40 Å². The monoisotopic (exact) mass is 503 g/mol. The van der Waals surface area contributed by atoms with Crippen molar-refractivity contribution in [1.82, 2.24) is 9.62 Å². The van der Waals surface area contributed by atoms with Gasteiger partial charge in [-0.25, -0.2) is 21.9 Å². The van der Waals surface area contributed by atoms with Crippen LogP contribution >= 0.6 is 15.9 Å². The maximum absolute atomic E-state index is 13.9. The van der Waals surface area contributed by atoms with E-state index in [0.29, 0.717) is 32.0 Å². The van der Waals surface area contributed by atoms with Crippen LogP contribution in [0.4, 0.5) is 14.5 Å². The predicted molar refractivity (Wildman–Crippen MR) is 111 cm³/mol. The standard InChI is InChI=1S/C19H20BrF2N3O4S/c20-16-10-18(22)19(11-17(16)21)30(28,29)23-6-1-2-7-24-8-5-13-3-4-15(25(26)27)9-14(13)12-24/h3-4,9-11,23H,1-2,5-8,12H2. The minimum atomic E-state index is -4.15. The van der Waals surface area contributed by atoms with E-state index < -0.39 is 31.5 Å². The number of hydrogen-bond acceptors (Lipinski definition) is 5. The fraction of sp³-hybridized carbons (Fsp3) is 0.368. The minimum Gasteiger partial charge on any atom is -0.299 e. The molecule has 0 saturated heterocycles. The number of nitro groups is 1. The predicted octanol–water partition coefficient (Wildman–Crippen LogP) is 3.75. The van der Waals surface area contributed by atoms with Crippen molar-refractivity contribution in [2.24, 2.45) is 0 Å². The summed E-state index contributed by atoms with van der Waals surface area (Å²) in [5.41, 5.74) is 2.11. The molecule has 1 N–H and O–H groups in total. The van der Waals surface area contributed by atoms with Gasteiger partial charge in [0.15, 0.2) is 0 Å². The number of hydrogen-bond donors (Lipinski definition) is 1.